The molecule has 0 aliphatic heterocycles. The fourth-order valence-corrected chi connectivity index (χ4v) is 1.81. The zero-order chi connectivity index (χ0) is 13.7. The van der Waals surface area contributed by atoms with Gasteiger partial charge in [-0.25, -0.2) is 4.98 Å². The molecule has 0 saturated heterocycles. The van der Waals surface area contributed by atoms with Gasteiger partial charge >= 0.3 is 0 Å². The Kier molecular flexibility index (Phi) is 4.07. The number of anilines is 1. The lowest BCUT2D eigenvalue weighted by atomic mass is 10.1. The highest BCUT2D eigenvalue weighted by atomic mass is 16.1. The summed E-state index contributed by atoms with van der Waals surface area (Å²) in [4.78, 5) is 20.1. The van der Waals surface area contributed by atoms with Gasteiger partial charge < -0.3 is 11.1 Å². The van der Waals surface area contributed by atoms with E-state index in [-0.39, 0.29) is 5.91 Å². The Morgan fingerprint density at radius 1 is 1.32 bits per heavy atom. The van der Waals surface area contributed by atoms with Crippen LogP contribution < -0.4 is 11.1 Å². The monoisotopic (exact) mass is 256 g/mol. The topological polar surface area (TPSA) is 80.9 Å². The van der Waals surface area contributed by atoms with Crippen LogP contribution in [0.25, 0.3) is 0 Å². The van der Waals surface area contributed by atoms with E-state index in [0.29, 0.717) is 17.9 Å². The number of nitrogens with zero attached hydrogens (tertiary/aromatic N) is 2. The number of hydrogen-bond donors (Lipinski definition) is 2. The summed E-state index contributed by atoms with van der Waals surface area (Å²) in [5, 5.41) is 2.83. The van der Waals surface area contributed by atoms with Crippen LogP contribution in [0.1, 0.15) is 28.5 Å². The highest BCUT2D eigenvalue weighted by Crippen LogP contribution is 2.07. The molecule has 1 amide bonds. The summed E-state index contributed by atoms with van der Waals surface area (Å²) in [6, 6.07) is 7.09. The number of pyridine rings is 2. The highest BCUT2D eigenvalue weighted by Gasteiger charge is 2.07. The lowest BCUT2D eigenvalue weighted by molar-refractivity contribution is 0.0950. The molecule has 0 aliphatic carbocycles. The van der Waals surface area contributed by atoms with Crippen molar-refractivity contribution in [3.8, 4) is 0 Å². The second-order valence-electron chi connectivity index (χ2n) is 4.11. The summed E-state index contributed by atoms with van der Waals surface area (Å²) >= 11 is 0. The number of carbonyl (C=O) groups excluding carboxylic acids is 1. The van der Waals surface area contributed by atoms with E-state index >= 15 is 0 Å². The minimum Gasteiger partial charge on any atom is -0.384 e. The average Bonchev–Trinajstić information content (AvgIpc) is 2.45. The van der Waals surface area contributed by atoms with Gasteiger partial charge in [0.2, 0.25) is 0 Å². The molecule has 0 aliphatic rings. The van der Waals surface area contributed by atoms with Crippen LogP contribution in [0.5, 0.6) is 0 Å². The first-order chi connectivity index (χ1) is 9.20. The van der Waals surface area contributed by atoms with Gasteiger partial charge in [0.1, 0.15) is 5.82 Å². The Labute approximate surface area is 111 Å². The van der Waals surface area contributed by atoms with Crippen LogP contribution in [0, 0.1) is 0 Å². The van der Waals surface area contributed by atoms with E-state index in [0.717, 1.165) is 17.7 Å². The van der Waals surface area contributed by atoms with Crippen LogP contribution in [-0.4, -0.2) is 15.9 Å². The molecule has 0 spiro atoms. The van der Waals surface area contributed by atoms with Crippen LogP contribution in [0.15, 0.2) is 36.7 Å². The Morgan fingerprint density at radius 3 is 2.89 bits per heavy atom. The number of nitrogens with one attached hydrogen (secondary N) is 1. The molecular weight excluding hydrogens is 240 g/mol. The number of amides is 1. The van der Waals surface area contributed by atoms with Crippen molar-refractivity contribution in [3.05, 3.63) is 53.5 Å². The van der Waals surface area contributed by atoms with E-state index in [1.165, 1.54) is 6.20 Å². The van der Waals surface area contributed by atoms with Crippen molar-refractivity contribution >= 4 is 11.7 Å². The minimum absolute atomic E-state index is 0.179. The fraction of sp³-hybridized carbons (Fsp3) is 0.214. The van der Waals surface area contributed by atoms with Crippen molar-refractivity contribution in [1.82, 2.24) is 15.3 Å². The average molecular weight is 256 g/mol. The highest BCUT2D eigenvalue weighted by molar-refractivity contribution is 5.94. The van der Waals surface area contributed by atoms with Crippen molar-refractivity contribution in [3.63, 3.8) is 0 Å². The van der Waals surface area contributed by atoms with Crippen molar-refractivity contribution in [2.24, 2.45) is 0 Å². The lowest BCUT2D eigenvalue weighted by Crippen LogP contribution is -2.24. The molecule has 0 saturated carbocycles. The normalized spacial score (nSPS) is 10.2. The first kappa shape index (κ1) is 13.0. The van der Waals surface area contributed by atoms with Crippen molar-refractivity contribution in [1.29, 1.82) is 0 Å². The number of carbonyl (C=O) groups is 1. The van der Waals surface area contributed by atoms with Crippen LogP contribution in [0.4, 0.5) is 5.82 Å². The van der Waals surface area contributed by atoms with E-state index in [9.17, 15) is 4.79 Å². The molecule has 5 heteroatoms. The van der Waals surface area contributed by atoms with Crippen LogP contribution in [0.2, 0.25) is 0 Å². The maximum absolute atomic E-state index is 11.9. The smallest absolute Gasteiger partial charge is 0.251 e. The molecule has 3 N–H and O–H groups in total. The molecule has 2 aromatic rings. The third kappa shape index (κ3) is 3.28. The number of nitrogen functional groups attached to an aromatic ring is 1. The van der Waals surface area contributed by atoms with Gasteiger partial charge in [-0.2, -0.15) is 0 Å². The predicted octanol–water partition coefficient (Wildman–Crippen LogP) is 1.55. The SMILES string of the molecule is CCc1cccnc1CNC(=O)c1ccnc(N)c1. The Morgan fingerprint density at radius 2 is 2.16 bits per heavy atom. The first-order valence-corrected chi connectivity index (χ1v) is 6.13. The summed E-state index contributed by atoms with van der Waals surface area (Å²) in [6.07, 6.45) is 4.13. The minimum atomic E-state index is -0.179. The van der Waals surface area contributed by atoms with Crippen molar-refractivity contribution < 1.29 is 4.79 Å². The largest absolute Gasteiger partial charge is 0.384 e. The van der Waals surface area contributed by atoms with Gasteiger partial charge in [-0.05, 0) is 30.2 Å². The number of rotatable bonds is 4. The molecule has 0 unspecified atom stereocenters. The quantitative estimate of drug-likeness (QED) is 0.869. The van der Waals surface area contributed by atoms with Gasteiger partial charge in [-0.15, -0.1) is 0 Å². The van der Waals surface area contributed by atoms with E-state index in [4.69, 9.17) is 5.73 Å². The predicted molar refractivity (Wildman–Crippen MR) is 73.4 cm³/mol. The van der Waals surface area contributed by atoms with Crippen molar-refractivity contribution in [2.75, 3.05) is 5.73 Å². The number of nitrogens with two attached hydrogens (primary N) is 1. The Bertz CT molecular complexity index is 583. The second kappa shape index (κ2) is 5.95. The van der Waals surface area contributed by atoms with Crippen LogP contribution >= 0.6 is 0 Å². The molecular formula is C14H16N4O. The second-order valence-corrected chi connectivity index (χ2v) is 4.11. The summed E-state index contributed by atoms with van der Waals surface area (Å²) < 4.78 is 0. The van der Waals surface area contributed by atoms with Gasteiger partial charge in [-0.1, -0.05) is 13.0 Å². The summed E-state index contributed by atoms with van der Waals surface area (Å²) in [6.45, 7) is 2.47. The summed E-state index contributed by atoms with van der Waals surface area (Å²) in [7, 11) is 0. The van der Waals surface area contributed by atoms with Gasteiger partial charge in [0.05, 0.1) is 12.2 Å². The Hall–Kier alpha value is -2.43. The molecule has 0 bridgehead atoms. The lowest BCUT2D eigenvalue weighted by Gasteiger charge is -2.08. The third-order valence-corrected chi connectivity index (χ3v) is 2.83. The first-order valence-electron chi connectivity index (χ1n) is 6.13. The standard InChI is InChI=1S/C14H16N4O/c1-2-10-4-3-6-16-12(10)9-18-14(19)11-5-7-17-13(15)8-11/h3-8H,2,9H2,1H3,(H2,15,17)(H,18,19). The molecule has 98 valence electrons. The molecule has 0 aromatic carbocycles. The molecule has 5 nitrogen and oxygen atoms in total. The van der Waals surface area contributed by atoms with E-state index in [1.54, 1.807) is 18.3 Å². The molecule has 0 fully saturated rings. The molecule has 0 atom stereocenters. The molecule has 19 heavy (non-hydrogen) atoms. The fourth-order valence-electron chi connectivity index (χ4n) is 1.81. The zero-order valence-electron chi connectivity index (χ0n) is 10.8. The maximum Gasteiger partial charge on any atom is 0.251 e. The van der Waals surface area contributed by atoms with Gasteiger partial charge in [0.15, 0.2) is 0 Å². The van der Waals surface area contributed by atoms with Crippen LogP contribution in [-0.2, 0) is 13.0 Å². The van der Waals surface area contributed by atoms with Gasteiger partial charge in [0, 0.05) is 18.0 Å². The summed E-state index contributed by atoms with van der Waals surface area (Å²) in [5.41, 5.74) is 8.07. The molecule has 0 radical (unpaired) electrons. The van der Waals surface area contributed by atoms with E-state index in [1.807, 2.05) is 12.1 Å². The van der Waals surface area contributed by atoms with Crippen LogP contribution in [0.3, 0.4) is 0 Å². The molecule has 2 rings (SSSR count). The van der Waals surface area contributed by atoms with Gasteiger partial charge in [-0.3, -0.25) is 9.78 Å². The zero-order valence-corrected chi connectivity index (χ0v) is 10.8. The van der Waals surface area contributed by atoms with E-state index in [2.05, 4.69) is 22.2 Å². The van der Waals surface area contributed by atoms with Gasteiger partial charge in [0.25, 0.3) is 5.91 Å². The van der Waals surface area contributed by atoms with Crippen molar-refractivity contribution in [2.45, 2.75) is 19.9 Å². The summed E-state index contributed by atoms with van der Waals surface area (Å²) in [5.74, 6) is 0.154. The molecule has 2 heterocycles. The molecule has 2 aromatic heterocycles. The van der Waals surface area contributed by atoms with E-state index < -0.39 is 0 Å². The number of aryl methyl sites for hydroxylation is 1. The number of aromatic nitrogens is 2. The number of hydrogen-bond acceptors (Lipinski definition) is 4. The third-order valence-electron chi connectivity index (χ3n) is 2.83. The Balaban J connectivity index is 2.04. The maximum atomic E-state index is 11.9.